The lowest BCUT2D eigenvalue weighted by atomic mass is 10.0. The molecule has 0 saturated heterocycles. The number of aryl methyl sites for hydroxylation is 1. The van der Waals surface area contributed by atoms with E-state index in [1.165, 1.54) is 17.5 Å². The monoisotopic (exact) mass is 286 g/mol. The van der Waals surface area contributed by atoms with Crippen LogP contribution in [0.3, 0.4) is 0 Å². The summed E-state index contributed by atoms with van der Waals surface area (Å²) in [6.07, 6.45) is 4.20. The SMILES string of the molecule is CCCc1ccc(C(CSc2ccccn2)NC)cc1. The molecule has 1 aromatic heterocycles. The van der Waals surface area contributed by atoms with Crippen LogP contribution in [-0.2, 0) is 6.42 Å². The normalized spacial score (nSPS) is 12.3. The van der Waals surface area contributed by atoms with Crippen LogP contribution in [0, 0.1) is 0 Å². The Hall–Kier alpha value is -1.32. The number of nitrogens with zero attached hydrogens (tertiary/aromatic N) is 1. The van der Waals surface area contributed by atoms with E-state index in [1.54, 1.807) is 11.8 Å². The molecular weight excluding hydrogens is 264 g/mol. The van der Waals surface area contributed by atoms with Gasteiger partial charge >= 0.3 is 0 Å². The van der Waals surface area contributed by atoms with Crippen LogP contribution in [0.2, 0.25) is 0 Å². The molecule has 0 aliphatic heterocycles. The third-order valence-electron chi connectivity index (χ3n) is 3.30. The molecule has 1 atom stereocenters. The zero-order valence-corrected chi connectivity index (χ0v) is 13.0. The Labute approximate surface area is 126 Å². The first-order valence-electron chi connectivity index (χ1n) is 7.13. The van der Waals surface area contributed by atoms with Crippen molar-refractivity contribution < 1.29 is 0 Å². The number of thioether (sulfide) groups is 1. The maximum Gasteiger partial charge on any atom is 0.0960 e. The average Bonchev–Trinajstić information content (AvgIpc) is 2.51. The number of nitrogens with one attached hydrogen (secondary N) is 1. The Morgan fingerprint density at radius 3 is 2.55 bits per heavy atom. The second-order valence-electron chi connectivity index (χ2n) is 4.81. The topological polar surface area (TPSA) is 24.9 Å². The third-order valence-corrected chi connectivity index (χ3v) is 4.34. The number of rotatable bonds is 7. The van der Waals surface area contributed by atoms with Gasteiger partial charge in [-0.15, -0.1) is 11.8 Å². The zero-order valence-electron chi connectivity index (χ0n) is 12.2. The highest BCUT2D eigenvalue weighted by Gasteiger charge is 2.10. The van der Waals surface area contributed by atoms with Gasteiger partial charge in [0.15, 0.2) is 0 Å². The van der Waals surface area contributed by atoms with E-state index < -0.39 is 0 Å². The molecule has 2 rings (SSSR count). The molecule has 2 nitrogen and oxygen atoms in total. The molecule has 3 heteroatoms. The van der Waals surface area contributed by atoms with Gasteiger partial charge in [-0.25, -0.2) is 4.98 Å². The molecule has 0 aliphatic carbocycles. The van der Waals surface area contributed by atoms with Gasteiger partial charge < -0.3 is 5.32 Å². The summed E-state index contributed by atoms with van der Waals surface area (Å²) in [4.78, 5) is 4.35. The molecule has 1 aromatic carbocycles. The van der Waals surface area contributed by atoms with Gasteiger partial charge in [-0.2, -0.15) is 0 Å². The first-order valence-corrected chi connectivity index (χ1v) is 8.12. The summed E-state index contributed by atoms with van der Waals surface area (Å²) < 4.78 is 0. The Morgan fingerprint density at radius 2 is 1.95 bits per heavy atom. The van der Waals surface area contributed by atoms with Crippen molar-refractivity contribution in [2.45, 2.75) is 30.8 Å². The minimum atomic E-state index is 0.359. The van der Waals surface area contributed by atoms with Crippen molar-refractivity contribution in [3.8, 4) is 0 Å². The average molecular weight is 286 g/mol. The van der Waals surface area contributed by atoms with Crippen molar-refractivity contribution in [3.05, 3.63) is 59.8 Å². The van der Waals surface area contributed by atoms with Crippen molar-refractivity contribution in [1.82, 2.24) is 10.3 Å². The van der Waals surface area contributed by atoms with Crippen LogP contribution < -0.4 is 5.32 Å². The second-order valence-corrected chi connectivity index (χ2v) is 5.85. The predicted molar refractivity (Wildman–Crippen MR) is 87.2 cm³/mol. The highest BCUT2D eigenvalue weighted by Crippen LogP contribution is 2.23. The molecule has 106 valence electrons. The van der Waals surface area contributed by atoms with Gasteiger partial charge in [-0.1, -0.05) is 43.7 Å². The van der Waals surface area contributed by atoms with E-state index in [4.69, 9.17) is 0 Å². The quantitative estimate of drug-likeness (QED) is 0.776. The molecule has 0 bridgehead atoms. The first kappa shape index (κ1) is 15.1. The fraction of sp³-hybridized carbons (Fsp3) is 0.353. The highest BCUT2D eigenvalue weighted by atomic mass is 32.2. The van der Waals surface area contributed by atoms with E-state index in [-0.39, 0.29) is 0 Å². The Balaban J connectivity index is 1.97. The lowest BCUT2D eigenvalue weighted by molar-refractivity contribution is 0.661. The minimum Gasteiger partial charge on any atom is -0.312 e. The summed E-state index contributed by atoms with van der Waals surface area (Å²) in [6, 6.07) is 15.4. The van der Waals surface area contributed by atoms with Gasteiger partial charge in [0.2, 0.25) is 0 Å². The van der Waals surface area contributed by atoms with Gasteiger partial charge in [-0.05, 0) is 36.7 Å². The van der Waals surface area contributed by atoms with E-state index in [2.05, 4.69) is 47.6 Å². The maximum atomic E-state index is 4.35. The summed E-state index contributed by atoms with van der Waals surface area (Å²) in [5.74, 6) is 0.987. The number of pyridine rings is 1. The van der Waals surface area contributed by atoms with E-state index in [9.17, 15) is 0 Å². The summed E-state index contributed by atoms with van der Waals surface area (Å²) in [7, 11) is 2.02. The lowest BCUT2D eigenvalue weighted by Gasteiger charge is -2.16. The van der Waals surface area contributed by atoms with E-state index in [1.807, 2.05) is 25.4 Å². The Bertz CT molecular complexity index is 496. The highest BCUT2D eigenvalue weighted by molar-refractivity contribution is 7.99. The number of benzene rings is 1. The molecule has 2 aromatic rings. The summed E-state index contributed by atoms with van der Waals surface area (Å²) in [5, 5.41) is 4.47. The summed E-state index contributed by atoms with van der Waals surface area (Å²) in [6.45, 7) is 2.22. The van der Waals surface area contributed by atoms with E-state index >= 15 is 0 Å². The summed E-state index contributed by atoms with van der Waals surface area (Å²) in [5.41, 5.74) is 2.76. The molecule has 0 aliphatic rings. The van der Waals surface area contributed by atoms with Gasteiger partial charge in [0.05, 0.1) is 5.03 Å². The van der Waals surface area contributed by atoms with Crippen molar-refractivity contribution in [2.75, 3.05) is 12.8 Å². The number of hydrogen-bond donors (Lipinski definition) is 1. The molecule has 1 N–H and O–H groups in total. The van der Waals surface area contributed by atoms with Crippen molar-refractivity contribution in [1.29, 1.82) is 0 Å². The van der Waals surface area contributed by atoms with Crippen LogP contribution in [0.5, 0.6) is 0 Å². The largest absolute Gasteiger partial charge is 0.312 e. The van der Waals surface area contributed by atoms with Gasteiger partial charge in [-0.3, -0.25) is 0 Å². The smallest absolute Gasteiger partial charge is 0.0960 e. The van der Waals surface area contributed by atoms with E-state index in [0.717, 1.165) is 17.2 Å². The molecule has 0 fully saturated rings. The molecule has 0 saturated carbocycles. The summed E-state index contributed by atoms with van der Waals surface area (Å²) >= 11 is 1.79. The van der Waals surface area contributed by atoms with Crippen molar-refractivity contribution in [3.63, 3.8) is 0 Å². The predicted octanol–water partition coefficient (Wildman–Crippen LogP) is 4.09. The fourth-order valence-electron chi connectivity index (χ4n) is 2.15. The van der Waals surface area contributed by atoms with Gasteiger partial charge in [0, 0.05) is 18.0 Å². The van der Waals surface area contributed by atoms with Gasteiger partial charge in [0.25, 0.3) is 0 Å². The Kier molecular flexibility index (Phi) is 6.09. The van der Waals surface area contributed by atoms with Crippen molar-refractivity contribution >= 4 is 11.8 Å². The second kappa shape index (κ2) is 8.08. The molecule has 20 heavy (non-hydrogen) atoms. The van der Waals surface area contributed by atoms with Gasteiger partial charge in [0.1, 0.15) is 0 Å². The fourth-order valence-corrected chi connectivity index (χ4v) is 3.16. The minimum absolute atomic E-state index is 0.359. The van der Waals surface area contributed by atoms with Crippen LogP contribution in [-0.4, -0.2) is 17.8 Å². The number of aromatic nitrogens is 1. The molecule has 1 heterocycles. The number of hydrogen-bond acceptors (Lipinski definition) is 3. The molecule has 1 unspecified atom stereocenters. The van der Waals surface area contributed by atoms with Crippen LogP contribution in [0.1, 0.15) is 30.5 Å². The molecular formula is C17H22N2S. The van der Waals surface area contributed by atoms with E-state index in [0.29, 0.717) is 6.04 Å². The molecule has 0 radical (unpaired) electrons. The third kappa shape index (κ3) is 4.36. The van der Waals surface area contributed by atoms with Crippen LogP contribution in [0.4, 0.5) is 0 Å². The first-order chi connectivity index (χ1) is 9.83. The van der Waals surface area contributed by atoms with Crippen LogP contribution in [0.15, 0.2) is 53.7 Å². The molecule has 0 spiro atoms. The van der Waals surface area contributed by atoms with Crippen molar-refractivity contribution in [2.24, 2.45) is 0 Å². The standard InChI is InChI=1S/C17H22N2S/c1-3-6-14-8-10-15(11-9-14)16(18-2)13-20-17-7-4-5-12-19-17/h4-5,7-12,16,18H,3,6,13H2,1-2H3. The Morgan fingerprint density at radius 1 is 1.15 bits per heavy atom. The van der Waals surface area contributed by atoms with Crippen LogP contribution >= 0.6 is 11.8 Å². The maximum absolute atomic E-state index is 4.35. The lowest BCUT2D eigenvalue weighted by Crippen LogP contribution is -2.18. The van der Waals surface area contributed by atoms with Crippen LogP contribution in [0.25, 0.3) is 0 Å². The molecule has 0 amide bonds. The zero-order chi connectivity index (χ0) is 14.2.